The molecule has 1 amide bonds. The summed E-state index contributed by atoms with van der Waals surface area (Å²) in [5.41, 5.74) is 2.65. The summed E-state index contributed by atoms with van der Waals surface area (Å²) < 4.78 is 5.28. The fraction of sp³-hybridized carbons (Fsp3) is 0.500. The van der Waals surface area contributed by atoms with Gasteiger partial charge in [0.15, 0.2) is 5.82 Å². The van der Waals surface area contributed by atoms with E-state index in [0.717, 1.165) is 0 Å². The fourth-order valence-electron chi connectivity index (χ4n) is 1.71. The van der Waals surface area contributed by atoms with Gasteiger partial charge in [0.1, 0.15) is 5.69 Å². The number of nitrogens with zero attached hydrogens (tertiary/aromatic N) is 3. The molecule has 1 aliphatic rings. The number of ether oxygens (including phenoxy) is 1. The molecule has 0 saturated carbocycles. The number of nitrogens with two attached hydrogens (primary N) is 1. The normalized spacial score (nSPS) is 20.1. The molecule has 7 nitrogen and oxygen atoms in total. The summed E-state index contributed by atoms with van der Waals surface area (Å²) >= 11 is 0. The monoisotopic (exact) mass is 237 g/mol. The molecule has 2 heterocycles. The highest BCUT2D eigenvalue weighted by Crippen LogP contribution is 2.11. The van der Waals surface area contributed by atoms with Crippen molar-refractivity contribution in [3.8, 4) is 0 Å². The van der Waals surface area contributed by atoms with E-state index in [9.17, 15) is 4.79 Å². The number of anilines is 1. The molecule has 0 bridgehead atoms. The van der Waals surface area contributed by atoms with Crippen LogP contribution in [0.25, 0.3) is 0 Å². The van der Waals surface area contributed by atoms with Crippen molar-refractivity contribution < 1.29 is 9.53 Å². The van der Waals surface area contributed by atoms with Crippen molar-refractivity contribution in [1.82, 2.24) is 14.9 Å². The molecule has 1 aliphatic heterocycles. The first kappa shape index (κ1) is 11.7. The van der Waals surface area contributed by atoms with Crippen LogP contribution in [-0.2, 0) is 4.74 Å². The Hall–Kier alpha value is -1.73. The highest BCUT2D eigenvalue weighted by atomic mass is 16.5. The molecule has 17 heavy (non-hydrogen) atoms. The van der Waals surface area contributed by atoms with Crippen LogP contribution in [0.4, 0.5) is 5.82 Å². The minimum Gasteiger partial charge on any atom is -0.377 e. The second kappa shape index (κ2) is 5.07. The molecule has 1 aromatic heterocycles. The Morgan fingerprint density at radius 1 is 1.65 bits per heavy atom. The second-order valence-corrected chi connectivity index (χ2v) is 3.86. The van der Waals surface area contributed by atoms with Gasteiger partial charge in [-0.3, -0.25) is 9.78 Å². The first-order valence-electron chi connectivity index (χ1n) is 5.39. The van der Waals surface area contributed by atoms with Crippen LogP contribution < -0.4 is 11.3 Å². The van der Waals surface area contributed by atoms with Crippen molar-refractivity contribution in [1.29, 1.82) is 0 Å². The van der Waals surface area contributed by atoms with E-state index in [0.29, 0.717) is 25.6 Å². The first-order valence-corrected chi connectivity index (χ1v) is 5.39. The fourth-order valence-corrected chi connectivity index (χ4v) is 1.71. The number of nitrogens with one attached hydrogen (secondary N) is 1. The zero-order valence-electron chi connectivity index (χ0n) is 9.59. The number of hydrazine groups is 1. The van der Waals surface area contributed by atoms with Crippen LogP contribution in [-0.4, -0.2) is 46.6 Å². The van der Waals surface area contributed by atoms with Crippen molar-refractivity contribution in [3.63, 3.8) is 0 Å². The van der Waals surface area contributed by atoms with Gasteiger partial charge < -0.3 is 15.1 Å². The van der Waals surface area contributed by atoms with Crippen LogP contribution in [0.15, 0.2) is 12.4 Å². The summed E-state index contributed by atoms with van der Waals surface area (Å²) in [5, 5.41) is 0. The maximum absolute atomic E-state index is 12.2. The number of hydrogen-bond donors (Lipinski definition) is 2. The van der Waals surface area contributed by atoms with Crippen molar-refractivity contribution >= 4 is 11.7 Å². The molecule has 92 valence electrons. The smallest absolute Gasteiger partial charge is 0.274 e. The maximum atomic E-state index is 12.2. The predicted molar refractivity (Wildman–Crippen MR) is 61.2 cm³/mol. The molecule has 1 saturated heterocycles. The van der Waals surface area contributed by atoms with Crippen LogP contribution in [0, 0.1) is 0 Å². The van der Waals surface area contributed by atoms with Crippen LogP contribution in [0.2, 0.25) is 0 Å². The minimum atomic E-state index is -0.148. The van der Waals surface area contributed by atoms with Gasteiger partial charge in [-0.25, -0.2) is 10.8 Å². The van der Waals surface area contributed by atoms with E-state index < -0.39 is 0 Å². The maximum Gasteiger partial charge on any atom is 0.274 e. The van der Waals surface area contributed by atoms with Gasteiger partial charge in [-0.2, -0.15) is 0 Å². The highest BCUT2D eigenvalue weighted by molar-refractivity contribution is 5.92. The average molecular weight is 237 g/mol. The van der Waals surface area contributed by atoms with Crippen molar-refractivity contribution in [3.05, 3.63) is 18.1 Å². The summed E-state index contributed by atoms with van der Waals surface area (Å²) in [6.07, 6.45) is 2.89. The van der Waals surface area contributed by atoms with E-state index in [-0.39, 0.29) is 17.6 Å². The molecular formula is C10H15N5O2. The van der Waals surface area contributed by atoms with E-state index in [1.807, 2.05) is 6.92 Å². The standard InChI is InChI=1S/C10H15N5O2/c1-7-6-17-3-2-15(7)10(16)8-4-12-5-9(13-8)14-11/h4-5,7H,2-3,6,11H2,1H3,(H,13,14). The zero-order valence-corrected chi connectivity index (χ0v) is 9.59. The van der Waals surface area contributed by atoms with Crippen molar-refractivity contribution in [2.24, 2.45) is 5.84 Å². The van der Waals surface area contributed by atoms with Gasteiger partial charge in [-0.1, -0.05) is 0 Å². The lowest BCUT2D eigenvalue weighted by Crippen LogP contribution is -2.47. The number of rotatable bonds is 2. The van der Waals surface area contributed by atoms with Gasteiger partial charge in [-0.05, 0) is 6.92 Å². The predicted octanol–water partition coefficient (Wildman–Crippen LogP) is -0.377. The first-order chi connectivity index (χ1) is 8.22. The summed E-state index contributed by atoms with van der Waals surface area (Å²) in [7, 11) is 0. The summed E-state index contributed by atoms with van der Waals surface area (Å²) in [6.45, 7) is 3.61. The lowest BCUT2D eigenvalue weighted by molar-refractivity contribution is 0.00325. The number of amides is 1. The number of carbonyl (C=O) groups excluding carboxylic acids is 1. The molecule has 1 fully saturated rings. The van der Waals surface area contributed by atoms with Crippen LogP contribution in [0.1, 0.15) is 17.4 Å². The molecule has 1 aromatic rings. The number of nitrogen functional groups attached to an aromatic ring is 1. The third-order valence-electron chi connectivity index (χ3n) is 2.63. The third-order valence-corrected chi connectivity index (χ3v) is 2.63. The number of carbonyl (C=O) groups is 1. The summed E-state index contributed by atoms with van der Waals surface area (Å²) in [4.78, 5) is 21.9. The Labute approximate surface area is 98.9 Å². The summed E-state index contributed by atoms with van der Waals surface area (Å²) in [5.74, 6) is 5.45. The van der Waals surface area contributed by atoms with Gasteiger partial charge >= 0.3 is 0 Å². The average Bonchev–Trinajstić information content (AvgIpc) is 2.38. The van der Waals surface area contributed by atoms with Gasteiger partial charge in [0.05, 0.1) is 31.6 Å². The largest absolute Gasteiger partial charge is 0.377 e. The van der Waals surface area contributed by atoms with Gasteiger partial charge in [0.2, 0.25) is 0 Å². The van der Waals surface area contributed by atoms with Gasteiger partial charge in [-0.15, -0.1) is 0 Å². The molecule has 0 aromatic carbocycles. The summed E-state index contributed by atoms with van der Waals surface area (Å²) in [6, 6.07) is 0.0486. The molecule has 3 N–H and O–H groups in total. The quantitative estimate of drug-likeness (QED) is 0.538. The molecular weight excluding hydrogens is 222 g/mol. The topological polar surface area (TPSA) is 93.4 Å². The van der Waals surface area contributed by atoms with E-state index in [1.54, 1.807) is 4.90 Å². The van der Waals surface area contributed by atoms with E-state index in [2.05, 4.69) is 15.4 Å². The minimum absolute atomic E-state index is 0.0486. The molecule has 1 unspecified atom stereocenters. The molecule has 1 atom stereocenters. The molecule has 0 spiro atoms. The Morgan fingerprint density at radius 3 is 3.18 bits per heavy atom. The van der Waals surface area contributed by atoms with Gasteiger partial charge in [0.25, 0.3) is 5.91 Å². The van der Waals surface area contributed by atoms with Gasteiger partial charge in [0, 0.05) is 6.54 Å². The van der Waals surface area contributed by atoms with E-state index >= 15 is 0 Å². The SMILES string of the molecule is CC1COCCN1C(=O)c1cncc(NN)n1. The lowest BCUT2D eigenvalue weighted by atomic mass is 10.2. The lowest BCUT2D eigenvalue weighted by Gasteiger charge is -2.32. The van der Waals surface area contributed by atoms with Crippen LogP contribution >= 0.6 is 0 Å². The van der Waals surface area contributed by atoms with E-state index in [4.69, 9.17) is 10.6 Å². The highest BCUT2D eigenvalue weighted by Gasteiger charge is 2.25. The van der Waals surface area contributed by atoms with E-state index in [1.165, 1.54) is 12.4 Å². The van der Waals surface area contributed by atoms with Crippen molar-refractivity contribution in [2.75, 3.05) is 25.2 Å². The Kier molecular flexibility index (Phi) is 3.50. The van der Waals surface area contributed by atoms with Crippen LogP contribution in [0.3, 0.4) is 0 Å². The van der Waals surface area contributed by atoms with Crippen molar-refractivity contribution in [2.45, 2.75) is 13.0 Å². The van der Waals surface area contributed by atoms with Crippen LogP contribution in [0.5, 0.6) is 0 Å². The molecule has 7 heteroatoms. The second-order valence-electron chi connectivity index (χ2n) is 3.86. The number of aromatic nitrogens is 2. The third kappa shape index (κ3) is 2.51. The Balaban J connectivity index is 2.17. The molecule has 0 radical (unpaired) electrons. The number of hydrogen-bond acceptors (Lipinski definition) is 6. The molecule has 0 aliphatic carbocycles. The number of morpholine rings is 1. The zero-order chi connectivity index (χ0) is 12.3. The Bertz CT molecular complexity index is 411. The Morgan fingerprint density at radius 2 is 2.47 bits per heavy atom. The molecule has 2 rings (SSSR count).